The molecule has 0 aromatic heterocycles. The van der Waals surface area contributed by atoms with Crippen molar-refractivity contribution in [3.63, 3.8) is 0 Å². The number of halogens is 1. The van der Waals surface area contributed by atoms with E-state index in [-0.39, 0.29) is 10.8 Å². The molecule has 1 atom stereocenters. The Bertz CT molecular complexity index is 1290. The number of rotatable bonds is 7. The van der Waals surface area contributed by atoms with E-state index in [1.807, 2.05) is 26.8 Å². The molecular weight excluding hydrogens is 460 g/mol. The van der Waals surface area contributed by atoms with E-state index in [0.29, 0.717) is 22.1 Å². The van der Waals surface area contributed by atoms with Crippen molar-refractivity contribution in [2.24, 2.45) is 0 Å². The van der Waals surface area contributed by atoms with E-state index >= 15 is 0 Å². The summed E-state index contributed by atoms with van der Waals surface area (Å²) in [5, 5.41) is 3.19. The van der Waals surface area contributed by atoms with Crippen molar-refractivity contribution < 1.29 is 17.9 Å². The monoisotopic (exact) mass is 486 g/mol. The summed E-state index contributed by atoms with van der Waals surface area (Å²) in [7, 11) is -3.81. The van der Waals surface area contributed by atoms with Crippen LogP contribution in [0.15, 0.2) is 59.5 Å². The second kappa shape index (κ2) is 9.85. The molecular formula is C25H27ClN2O4S. The first-order valence-electron chi connectivity index (χ1n) is 10.4. The lowest BCUT2D eigenvalue weighted by atomic mass is 10.1. The number of aryl methyl sites for hydroxylation is 3. The van der Waals surface area contributed by atoms with Crippen LogP contribution >= 0.6 is 11.6 Å². The number of hydrogen-bond donors (Lipinski definition) is 2. The SMILES string of the molecule is Cc1cc(C)c(C)c(OC(C)C(=O)Nc2ccc(S(=O)(=O)Nc3cc(Cl)ccc3C)cc2)c1. The first-order chi connectivity index (χ1) is 15.5. The van der Waals surface area contributed by atoms with Crippen LogP contribution in [0.2, 0.25) is 5.02 Å². The summed E-state index contributed by atoms with van der Waals surface area (Å²) in [6.45, 7) is 9.38. The summed E-state index contributed by atoms with van der Waals surface area (Å²) in [6, 6.07) is 14.9. The van der Waals surface area contributed by atoms with E-state index in [9.17, 15) is 13.2 Å². The third-order valence-corrected chi connectivity index (χ3v) is 6.93. The van der Waals surface area contributed by atoms with Crippen LogP contribution in [0.3, 0.4) is 0 Å². The van der Waals surface area contributed by atoms with Gasteiger partial charge in [0.25, 0.3) is 15.9 Å². The summed E-state index contributed by atoms with van der Waals surface area (Å²) >= 11 is 5.98. The summed E-state index contributed by atoms with van der Waals surface area (Å²) in [5.74, 6) is 0.329. The van der Waals surface area contributed by atoms with Gasteiger partial charge < -0.3 is 10.1 Å². The Hall–Kier alpha value is -3.03. The van der Waals surface area contributed by atoms with Crippen molar-refractivity contribution in [1.29, 1.82) is 0 Å². The quantitative estimate of drug-likeness (QED) is 0.443. The van der Waals surface area contributed by atoms with Gasteiger partial charge in [0.2, 0.25) is 0 Å². The zero-order chi connectivity index (χ0) is 24.3. The fourth-order valence-electron chi connectivity index (χ4n) is 3.24. The molecule has 0 heterocycles. The maximum absolute atomic E-state index is 12.7. The Morgan fingerprint density at radius 1 is 0.939 bits per heavy atom. The van der Waals surface area contributed by atoms with Gasteiger partial charge in [-0.1, -0.05) is 23.7 Å². The largest absolute Gasteiger partial charge is 0.481 e. The highest BCUT2D eigenvalue weighted by Crippen LogP contribution is 2.26. The van der Waals surface area contributed by atoms with Crippen LogP contribution in [-0.2, 0) is 14.8 Å². The molecule has 0 spiro atoms. The van der Waals surface area contributed by atoms with E-state index < -0.39 is 16.1 Å². The normalized spacial score (nSPS) is 12.2. The number of amides is 1. The summed E-state index contributed by atoms with van der Waals surface area (Å²) in [4.78, 5) is 12.7. The molecule has 3 aromatic carbocycles. The van der Waals surface area contributed by atoms with Gasteiger partial charge in [-0.15, -0.1) is 0 Å². The number of anilines is 2. The lowest BCUT2D eigenvalue weighted by Gasteiger charge is -2.18. The van der Waals surface area contributed by atoms with Crippen molar-refractivity contribution in [2.45, 2.75) is 45.6 Å². The molecule has 1 unspecified atom stereocenters. The van der Waals surface area contributed by atoms with E-state index in [1.165, 1.54) is 24.3 Å². The maximum atomic E-state index is 12.7. The predicted molar refractivity (Wildman–Crippen MR) is 133 cm³/mol. The highest BCUT2D eigenvalue weighted by Gasteiger charge is 2.19. The summed E-state index contributed by atoms with van der Waals surface area (Å²) in [6.07, 6.45) is -0.735. The lowest BCUT2D eigenvalue weighted by molar-refractivity contribution is -0.122. The van der Waals surface area contributed by atoms with Crippen molar-refractivity contribution in [3.05, 3.63) is 81.9 Å². The molecule has 3 rings (SSSR count). The van der Waals surface area contributed by atoms with Crippen LogP contribution in [0.4, 0.5) is 11.4 Å². The molecule has 0 fully saturated rings. The lowest BCUT2D eigenvalue weighted by Crippen LogP contribution is -2.30. The van der Waals surface area contributed by atoms with E-state index in [1.54, 1.807) is 32.0 Å². The molecule has 0 saturated heterocycles. The molecule has 0 bridgehead atoms. The Kier molecular flexibility index (Phi) is 7.34. The van der Waals surface area contributed by atoms with Gasteiger partial charge in [-0.05, 0) is 99.3 Å². The Labute approximate surface area is 200 Å². The molecule has 8 heteroatoms. The molecule has 6 nitrogen and oxygen atoms in total. The van der Waals surface area contributed by atoms with Crippen LogP contribution in [0, 0.1) is 27.7 Å². The van der Waals surface area contributed by atoms with Crippen LogP contribution in [-0.4, -0.2) is 20.4 Å². The molecule has 0 radical (unpaired) electrons. The zero-order valence-corrected chi connectivity index (χ0v) is 20.8. The van der Waals surface area contributed by atoms with Gasteiger partial charge in [-0.2, -0.15) is 0 Å². The van der Waals surface area contributed by atoms with Gasteiger partial charge in [0.1, 0.15) is 5.75 Å². The van der Waals surface area contributed by atoms with Crippen molar-refractivity contribution >= 4 is 38.9 Å². The van der Waals surface area contributed by atoms with Gasteiger partial charge in [0, 0.05) is 10.7 Å². The highest BCUT2D eigenvalue weighted by atomic mass is 35.5. The minimum absolute atomic E-state index is 0.0648. The molecule has 0 saturated carbocycles. The van der Waals surface area contributed by atoms with E-state index in [2.05, 4.69) is 16.1 Å². The third kappa shape index (κ3) is 6.06. The molecule has 0 aliphatic rings. The average Bonchev–Trinajstić information content (AvgIpc) is 2.74. The average molecular weight is 487 g/mol. The minimum Gasteiger partial charge on any atom is -0.481 e. The summed E-state index contributed by atoms with van der Waals surface area (Å²) in [5.41, 5.74) is 4.75. The maximum Gasteiger partial charge on any atom is 0.265 e. The summed E-state index contributed by atoms with van der Waals surface area (Å²) < 4.78 is 33.9. The first-order valence-corrected chi connectivity index (χ1v) is 12.3. The second-order valence-electron chi connectivity index (χ2n) is 8.04. The Morgan fingerprint density at radius 2 is 1.61 bits per heavy atom. The standard InChI is InChI=1S/C25H27ClN2O4S/c1-15-12-17(3)18(4)24(13-15)32-19(5)25(29)27-21-8-10-22(11-9-21)33(30,31)28-23-14-20(26)7-6-16(23)2/h6-14,19,28H,1-5H3,(H,27,29). The van der Waals surface area contributed by atoms with E-state index in [4.69, 9.17) is 16.3 Å². The number of carbonyl (C=O) groups excluding carboxylic acids is 1. The number of ether oxygens (including phenoxy) is 1. The van der Waals surface area contributed by atoms with Crippen LogP contribution in [0.5, 0.6) is 5.75 Å². The fraction of sp³-hybridized carbons (Fsp3) is 0.240. The van der Waals surface area contributed by atoms with Crippen molar-refractivity contribution in [1.82, 2.24) is 0 Å². The van der Waals surface area contributed by atoms with Crippen LogP contribution in [0.1, 0.15) is 29.2 Å². The molecule has 0 aliphatic carbocycles. The fourth-order valence-corrected chi connectivity index (χ4v) is 4.53. The van der Waals surface area contributed by atoms with Gasteiger partial charge in [0.05, 0.1) is 10.6 Å². The Balaban J connectivity index is 1.68. The molecule has 3 aromatic rings. The minimum atomic E-state index is -3.81. The van der Waals surface area contributed by atoms with Gasteiger partial charge >= 0.3 is 0 Å². The Morgan fingerprint density at radius 3 is 2.27 bits per heavy atom. The van der Waals surface area contributed by atoms with Gasteiger partial charge in [0.15, 0.2) is 6.10 Å². The number of carbonyl (C=O) groups is 1. The smallest absolute Gasteiger partial charge is 0.265 e. The number of sulfonamides is 1. The number of benzene rings is 3. The molecule has 0 aliphatic heterocycles. The van der Waals surface area contributed by atoms with Gasteiger partial charge in [-0.25, -0.2) is 8.42 Å². The van der Waals surface area contributed by atoms with E-state index in [0.717, 1.165) is 22.3 Å². The molecule has 1 amide bonds. The molecule has 2 N–H and O–H groups in total. The van der Waals surface area contributed by atoms with Gasteiger partial charge in [-0.3, -0.25) is 9.52 Å². The highest BCUT2D eigenvalue weighted by molar-refractivity contribution is 7.92. The number of nitrogens with one attached hydrogen (secondary N) is 2. The second-order valence-corrected chi connectivity index (χ2v) is 10.2. The van der Waals surface area contributed by atoms with Crippen LogP contribution < -0.4 is 14.8 Å². The van der Waals surface area contributed by atoms with Crippen LogP contribution in [0.25, 0.3) is 0 Å². The first kappa shape index (κ1) is 24.6. The van der Waals surface area contributed by atoms with Crippen molar-refractivity contribution in [3.8, 4) is 5.75 Å². The predicted octanol–water partition coefficient (Wildman–Crippen LogP) is 5.78. The number of hydrogen-bond acceptors (Lipinski definition) is 4. The topological polar surface area (TPSA) is 84.5 Å². The van der Waals surface area contributed by atoms with Crippen molar-refractivity contribution in [2.75, 3.05) is 10.0 Å². The molecule has 33 heavy (non-hydrogen) atoms. The molecule has 174 valence electrons. The zero-order valence-electron chi connectivity index (χ0n) is 19.2. The third-order valence-electron chi connectivity index (χ3n) is 5.31.